The molecule has 112 valence electrons. The van der Waals surface area contributed by atoms with E-state index in [0.717, 1.165) is 27.8 Å². The molecule has 0 amide bonds. The number of benzene rings is 1. The van der Waals surface area contributed by atoms with Gasteiger partial charge >= 0.3 is 0 Å². The van der Waals surface area contributed by atoms with Crippen LogP contribution in [0.25, 0.3) is 22.5 Å². The maximum absolute atomic E-state index is 4.80. The fourth-order valence-electron chi connectivity index (χ4n) is 2.51. The van der Waals surface area contributed by atoms with Gasteiger partial charge in [-0.25, -0.2) is 4.98 Å². The number of aromatic nitrogens is 2. The maximum Gasteiger partial charge on any atom is 0.182 e. The van der Waals surface area contributed by atoms with Crippen molar-refractivity contribution in [1.82, 2.24) is 9.97 Å². The van der Waals surface area contributed by atoms with Crippen LogP contribution in [0.4, 0.5) is 5.13 Å². The summed E-state index contributed by atoms with van der Waals surface area (Å²) >= 11 is 1.61. The Balaban J connectivity index is 2.03. The van der Waals surface area contributed by atoms with Crippen molar-refractivity contribution in [3.63, 3.8) is 0 Å². The third-order valence-corrected chi connectivity index (χ3v) is 4.61. The zero-order valence-corrected chi connectivity index (χ0v) is 14.1. The van der Waals surface area contributed by atoms with E-state index in [-0.39, 0.29) is 0 Å². The summed E-state index contributed by atoms with van der Waals surface area (Å²) in [5, 5.41) is 6.06. The molecule has 0 saturated carbocycles. The van der Waals surface area contributed by atoms with Crippen molar-refractivity contribution >= 4 is 16.5 Å². The number of hydrogen-bond acceptors (Lipinski definition) is 4. The normalized spacial score (nSPS) is 10.7. The molecule has 1 aromatic carbocycles. The van der Waals surface area contributed by atoms with Crippen LogP contribution in [0.2, 0.25) is 0 Å². The van der Waals surface area contributed by atoms with Crippen LogP contribution in [0.1, 0.15) is 16.8 Å². The van der Waals surface area contributed by atoms with E-state index in [0.29, 0.717) is 0 Å². The monoisotopic (exact) mass is 309 g/mol. The van der Waals surface area contributed by atoms with Crippen molar-refractivity contribution in [2.45, 2.75) is 20.8 Å². The molecule has 0 aliphatic rings. The highest BCUT2D eigenvalue weighted by Crippen LogP contribution is 2.29. The number of rotatable bonds is 3. The quantitative estimate of drug-likeness (QED) is 0.752. The number of aryl methyl sites for hydroxylation is 3. The van der Waals surface area contributed by atoms with E-state index in [1.165, 1.54) is 16.7 Å². The lowest BCUT2D eigenvalue weighted by molar-refractivity contribution is 1.19. The average Bonchev–Trinajstić information content (AvgIpc) is 2.98. The van der Waals surface area contributed by atoms with Gasteiger partial charge < -0.3 is 5.32 Å². The number of nitrogens with one attached hydrogen (secondary N) is 1. The standard InChI is InChI=1S/C18H19N3S/c1-11-5-6-12(2)15(9-11)16-8-7-14(13(3)20-16)17-10-22-18(19-4)21-17/h5-10H,1-4H3,(H,19,21). The Morgan fingerprint density at radius 3 is 2.41 bits per heavy atom. The predicted molar refractivity (Wildman–Crippen MR) is 94.5 cm³/mol. The Labute approximate surface area is 135 Å². The first kappa shape index (κ1) is 14.7. The first-order chi connectivity index (χ1) is 10.6. The van der Waals surface area contributed by atoms with E-state index >= 15 is 0 Å². The van der Waals surface area contributed by atoms with Crippen LogP contribution in [0.3, 0.4) is 0 Å². The van der Waals surface area contributed by atoms with Gasteiger partial charge in [0.1, 0.15) is 0 Å². The predicted octanol–water partition coefficient (Wildman–Crippen LogP) is 4.84. The molecule has 0 saturated heterocycles. The number of thiazole rings is 1. The van der Waals surface area contributed by atoms with Gasteiger partial charge in [-0.1, -0.05) is 17.7 Å². The zero-order valence-electron chi connectivity index (χ0n) is 13.3. The largest absolute Gasteiger partial charge is 0.365 e. The summed E-state index contributed by atoms with van der Waals surface area (Å²) in [5.74, 6) is 0. The molecular formula is C18H19N3S. The number of pyridine rings is 1. The molecule has 0 atom stereocenters. The van der Waals surface area contributed by atoms with Gasteiger partial charge in [0.25, 0.3) is 0 Å². The maximum atomic E-state index is 4.80. The van der Waals surface area contributed by atoms with Crippen molar-refractivity contribution in [3.05, 3.63) is 52.5 Å². The highest BCUT2D eigenvalue weighted by Gasteiger charge is 2.10. The van der Waals surface area contributed by atoms with Crippen molar-refractivity contribution in [2.24, 2.45) is 0 Å². The SMILES string of the molecule is CNc1nc(-c2ccc(-c3cc(C)ccc3C)nc2C)cs1. The minimum absolute atomic E-state index is 0.924. The second-order valence-electron chi connectivity index (χ2n) is 5.44. The van der Waals surface area contributed by atoms with Crippen molar-refractivity contribution in [3.8, 4) is 22.5 Å². The molecule has 22 heavy (non-hydrogen) atoms. The Morgan fingerprint density at radius 2 is 1.73 bits per heavy atom. The first-order valence-corrected chi connectivity index (χ1v) is 8.15. The smallest absolute Gasteiger partial charge is 0.182 e. The molecule has 2 heterocycles. The lowest BCUT2D eigenvalue weighted by Crippen LogP contribution is -1.94. The van der Waals surface area contributed by atoms with Crippen LogP contribution in [0.5, 0.6) is 0 Å². The van der Waals surface area contributed by atoms with Crippen LogP contribution in [-0.4, -0.2) is 17.0 Å². The van der Waals surface area contributed by atoms with Crippen LogP contribution >= 0.6 is 11.3 Å². The highest BCUT2D eigenvalue weighted by molar-refractivity contribution is 7.14. The van der Waals surface area contributed by atoms with Gasteiger partial charge in [-0.3, -0.25) is 4.98 Å². The number of nitrogens with zero attached hydrogens (tertiary/aromatic N) is 2. The van der Waals surface area contributed by atoms with Gasteiger partial charge in [0.05, 0.1) is 11.4 Å². The Kier molecular flexibility index (Phi) is 3.94. The van der Waals surface area contributed by atoms with Gasteiger partial charge in [-0.05, 0) is 44.5 Å². The van der Waals surface area contributed by atoms with E-state index in [4.69, 9.17) is 4.98 Å². The van der Waals surface area contributed by atoms with E-state index in [9.17, 15) is 0 Å². The van der Waals surface area contributed by atoms with Gasteiger partial charge in [-0.15, -0.1) is 11.3 Å². The molecule has 3 nitrogen and oxygen atoms in total. The molecule has 0 unspecified atom stereocenters. The van der Waals surface area contributed by atoms with E-state index in [2.05, 4.69) is 59.9 Å². The molecule has 1 N–H and O–H groups in total. The summed E-state index contributed by atoms with van der Waals surface area (Å²) in [6, 6.07) is 10.7. The molecule has 0 bridgehead atoms. The zero-order chi connectivity index (χ0) is 15.7. The number of anilines is 1. The molecular weight excluding hydrogens is 290 g/mol. The molecule has 3 aromatic rings. The van der Waals surface area contributed by atoms with E-state index in [1.54, 1.807) is 11.3 Å². The van der Waals surface area contributed by atoms with E-state index < -0.39 is 0 Å². The van der Waals surface area contributed by atoms with Crippen molar-refractivity contribution in [2.75, 3.05) is 12.4 Å². The fraction of sp³-hybridized carbons (Fsp3) is 0.222. The summed E-state index contributed by atoms with van der Waals surface area (Å²) in [5.41, 5.74) is 7.79. The Morgan fingerprint density at radius 1 is 0.909 bits per heavy atom. The minimum Gasteiger partial charge on any atom is -0.365 e. The van der Waals surface area contributed by atoms with Crippen LogP contribution in [0.15, 0.2) is 35.7 Å². The van der Waals surface area contributed by atoms with Crippen LogP contribution in [-0.2, 0) is 0 Å². The minimum atomic E-state index is 0.924. The van der Waals surface area contributed by atoms with Gasteiger partial charge in [0, 0.05) is 29.2 Å². The molecule has 2 aromatic heterocycles. The lowest BCUT2D eigenvalue weighted by atomic mass is 10.0. The van der Waals surface area contributed by atoms with Crippen LogP contribution < -0.4 is 5.32 Å². The first-order valence-electron chi connectivity index (χ1n) is 7.27. The summed E-state index contributed by atoms with van der Waals surface area (Å²) in [4.78, 5) is 9.36. The summed E-state index contributed by atoms with van der Waals surface area (Å²) in [7, 11) is 1.89. The Hall–Kier alpha value is -2.20. The third-order valence-electron chi connectivity index (χ3n) is 3.75. The molecule has 3 rings (SSSR count). The molecule has 4 heteroatoms. The lowest BCUT2D eigenvalue weighted by Gasteiger charge is -2.09. The van der Waals surface area contributed by atoms with Gasteiger partial charge in [0.2, 0.25) is 0 Å². The van der Waals surface area contributed by atoms with Gasteiger partial charge in [0.15, 0.2) is 5.13 Å². The average molecular weight is 309 g/mol. The second kappa shape index (κ2) is 5.89. The molecule has 0 spiro atoms. The second-order valence-corrected chi connectivity index (χ2v) is 6.29. The van der Waals surface area contributed by atoms with Crippen molar-refractivity contribution < 1.29 is 0 Å². The summed E-state index contributed by atoms with van der Waals surface area (Å²) in [6.07, 6.45) is 0. The van der Waals surface area contributed by atoms with Crippen LogP contribution in [0, 0.1) is 20.8 Å². The fourth-order valence-corrected chi connectivity index (χ4v) is 3.18. The molecule has 0 aliphatic carbocycles. The Bertz CT molecular complexity index is 821. The van der Waals surface area contributed by atoms with Gasteiger partial charge in [-0.2, -0.15) is 0 Å². The van der Waals surface area contributed by atoms with E-state index in [1.807, 2.05) is 14.0 Å². The topological polar surface area (TPSA) is 37.8 Å². The molecule has 0 fully saturated rings. The third kappa shape index (κ3) is 2.74. The highest BCUT2D eigenvalue weighted by atomic mass is 32.1. The summed E-state index contributed by atoms with van der Waals surface area (Å²) in [6.45, 7) is 6.28. The molecule has 0 aliphatic heterocycles. The van der Waals surface area contributed by atoms with Crippen molar-refractivity contribution in [1.29, 1.82) is 0 Å². The number of hydrogen-bond donors (Lipinski definition) is 1. The summed E-state index contributed by atoms with van der Waals surface area (Å²) < 4.78 is 0. The molecule has 0 radical (unpaired) electrons.